The summed E-state index contributed by atoms with van der Waals surface area (Å²) in [4.78, 5) is 11.4. The molecule has 0 bridgehead atoms. The van der Waals surface area contributed by atoms with Crippen molar-refractivity contribution in [3.8, 4) is 0 Å². The number of carbonyl (C=O) groups excluding carboxylic acids is 1. The zero-order valence-electron chi connectivity index (χ0n) is 7.38. The summed E-state index contributed by atoms with van der Waals surface area (Å²) in [5, 5.41) is 2.71. The van der Waals surface area contributed by atoms with Crippen LogP contribution in [-0.4, -0.2) is 17.0 Å². The van der Waals surface area contributed by atoms with E-state index in [-0.39, 0.29) is 5.91 Å². The van der Waals surface area contributed by atoms with Gasteiger partial charge in [0.2, 0.25) is 0 Å². The number of rotatable bonds is 3. The minimum Gasteiger partial charge on any atom is -0.356 e. The Morgan fingerprint density at radius 1 is 1.77 bits per heavy atom. The van der Waals surface area contributed by atoms with Gasteiger partial charge in [-0.1, -0.05) is 22.5 Å². The SMILES string of the molecule is C=C(Br)CNC(=O)c1ccn(C)c1. The normalized spacial score (nSPS) is 9.69. The van der Waals surface area contributed by atoms with E-state index >= 15 is 0 Å². The van der Waals surface area contributed by atoms with Gasteiger partial charge in [0, 0.05) is 30.5 Å². The quantitative estimate of drug-likeness (QED) is 0.860. The van der Waals surface area contributed by atoms with E-state index < -0.39 is 0 Å². The van der Waals surface area contributed by atoms with Gasteiger partial charge in [-0.25, -0.2) is 0 Å². The zero-order chi connectivity index (χ0) is 9.84. The summed E-state index contributed by atoms with van der Waals surface area (Å²) in [5.41, 5.74) is 0.663. The van der Waals surface area contributed by atoms with Gasteiger partial charge in [-0.3, -0.25) is 4.79 Å². The summed E-state index contributed by atoms with van der Waals surface area (Å²) < 4.78 is 2.59. The molecule has 0 spiro atoms. The molecule has 0 saturated heterocycles. The molecule has 4 heteroatoms. The number of hydrogen-bond acceptors (Lipinski definition) is 1. The minimum atomic E-state index is -0.0822. The second kappa shape index (κ2) is 4.28. The number of aromatic nitrogens is 1. The van der Waals surface area contributed by atoms with Gasteiger partial charge >= 0.3 is 0 Å². The van der Waals surface area contributed by atoms with Crippen LogP contribution in [0.4, 0.5) is 0 Å². The summed E-state index contributed by atoms with van der Waals surface area (Å²) in [6.45, 7) is 4.07. The Hall–Kier alpha value is -1.03. The number of carbonyl (C=O) groups is 1. The van der Waals surface area contributed by atoms with Crippen LogP contribution in [0.3, 0.4) is 0 Å². The van der Waals surface area contributed by atoms with Crippen molar-refractivity contribution < 1.29 is 4.79 Å². The molecule has 1 N–H and O–H groups in total. The molecule has 0 aliphatic rings. The minimum absolute atomic E-state index is 0.0822. The van der Waals surface area contributed by atoms with Gasteiger partial charge in [0.05, 0.1) is 5.56 Å². The van der Waals surface area contributed by atoms with Crippen LogP contribution in [0.15, 0.2) is 29.5 Å². The maximum absolute atomic E-state index is 11.4. The standard InChI is InChI=1S/C9H11BrN2O/c1-7(10)5-11-9(13)8-3-4-12(2)6-8/h3-4,6H,1,5H2,2H3,(H,11,13). The van der Waals surface area contributed by atoms with E-state index in [0.29, 0.717) is 12.1 Å². The zero-order valence-corrected chi connectivity index (χ0v) is 8.97. The van der Waals surface area contributed by atoms with Crippen LogP contribution in [0, 0.1) is 0 Å². The molecule has 0 aromatic carbocycles. The largest absolute Gasteiger partial charge is 0.356 e. The molecular weight excluding hydrogens is 232 g/mol. The van der Waals surface area contributed by atoms with Crippen LogP contribution in [0.1, 0.15) is 10.4 Å². The first-order valence-corrected chi connectivity index (χ1v) is 4.62. The Morgan fingerprint density at radius 2 is 2.46 bits per heavy atom. The lowest BCUT2D eigenvalue weighted by Crippen LogP contribution is -2.23. The van der Waals surface area contributed by atoms with Crippen molar-refractivity contribution in [1.82, 2.24) is 9.88 Å². The van der Waals surface area contributed by atoms with Crippen LogP contribution >= 0.6 is 15.9 Å². The van der Waals surface area contributed by atoms with E-state index in [2.05, 4.69) is 27.8 Å². The highest BCUT2D eigenvalue weighted by molar-refractivity contribution is 9.11. The Kier molecular flexibility index (Phi) is 3.31. The maximum Gasteiger partial charge on any atom is 0.253 e. The van der Waals surface area contributed by atoms with Crippen molar-refractivity contribution in [2.75, 3.05) is 6.54 Å². The summed E-state index contributed by atoms with van der Waals surface area (Å²) >= 11 is 3.17. The molecule has 13 heavy (non-hydrogen) atoms. The van der Waals surface area contributed by atoms with Gasteiger partial charge in [0.15, 0.2) is 0 Å². The second-order valence-corrected chi connectivity index (χ2v) is 3.89. The average molecular weight is 243 g/mol. The molecule has 1 heterocycles. The third kappa shape index (κ3) is 3.06. The Balaban J connectivity index is 2.54. The van der Waals surface area contributed by atoms with E-state index in [1.807, 2.05) is 17.8 Å². The summed E-state index contributed by atoms with van der Waals surface area (Å²) in [6.07, 6.45) is 3.60. The Labute approximate surface area is 85.6 Å². The predicted octanol–water partition coefficient (Wildman–Crippen LogP) is 1.66. The topological polar surface area (TPSA) is 34.0 Å². The van der Waals surface area contributed by atoms with E-state index in [1.54, 1.807) is 12.3 Å². The Morgan fingerprint density at radius 3 is 2.92 bits per heavy atom. The first-order chi connectivity index (χ1) is 6.09. The lowest BCUT2D eigenvalue weighted by atomic mass is 10.3. The molecule has 1 amide bonds. The molecule has 0 aliphatic carbocycles. The first-order valence-electron chi connectivity index (χ1n) is 3.83. The molecule has 0 atom stereocenters. The summed E-state index contributed by atoms with van der Waals surface area (Å²) in [7, 11) is 1.88. The van der Waals surface area contributed by atoms with Crippen LogP contribution in [0.25, 0.3) is 0 Å². The van der Waals surface area contributed by atoms with Crippen molar-refractivity contribution >= 4 is 21.8 Å². The number of nitrogens with zero attached hydrogens (tertiary/aromatic N) is 1. The maximum atomic E-state index is 11.4. The van der Waals surface area contributed by atoms with Crippen molar-refractivity contribution in [1.29, 1.82) is 0 Å². The predicted molar refractivity (Wildman–Crippen MR) is 55.8 cm³/mol. The highest BCUT2D eigenvalue weighted by atomic mass is 79.9. The Bertz CT molecular complexity index is 330. The molecule has 3 nitrogen and oxygen atoms in total. The van der Waals surface area contributed by atoms with Crippen molar-refractivity contribution in [3.63, 3.8) is 0 Å². The van der Waals surface area contributed by atoms with Crippen molar-refractivity contribution in [2.45, 2.75) is 0 Å². The van der Waals surface area contributed by atoms with Gasteiger partial charge in [0.25, 0.3) is 5.91 Å². The molecule has 0 saturated carbocycles. The molecular formula is C9H11BrN2O. The van der Waals surface area contributed by atoms with Crippen molar-refractivity contribution in [3.05, 3.63) is 35.1 Å². The lowest BCUT2D eigenvalue weighted by molar-refractivity contribution is 0.0958. The van der Waals surface area contributed by atoms with Gasteiger partial charge in [-0.15, -0.1) is 0 Å². The summed E-state index contributed by atoms with van der Waals surface area (Å²) in [5.74, 6) is -0.0822. The van der Waals surface area contributed by atoms with E-state index in [9.17, 15) is 4.79 Å². The smallest absolute Gasteiger partial charge is 0.253 e. The number of hydrogen-bond donors (Lipinski definition) is 1. The fourth-order valence-electron chi connectivity index (χ4n) is 0.916. The fraction of sp³-hybridized carbons (Fsp3) is 0.222. The molecule has 1 aromatic rings. The van der Waals surface area contributed by atoms with Gasteiger partial charge < -0.3 is 9.88 Å². The van der Waals surface area contributed by atoms with Crippen molar-refractivity contribution in [2.24, 2.45) is 7.05 Å². The van der Waals surface area contributed by atoms with E-state index in [1.165, 1.54) is 0 Å². The molecule has 0 unspecified atom stereocenters. The molecule has 70 valence electrons. The molecule has 0 radical (unpaired) electrons. The molecule has 1 aromatic heterocycles. The number of halogens is 1. The van der Waals surface area contributed by atoms with Crippen LogP contribution in [0.5, 0.6) is 0 Å². The molecule has 1 rings (SSSR count). The monoisotopic (exact) mass is 242 g/mol. The first kappa shape index (κ1) is 10.1. The molecule has 0 aliphatic heterocycles. The highest BCUT2D eigenvalue weighted by Crippen LogP contribution is 2.01. The number of amides is 1. The van der Waals surface area contributed by atoms with E-state index in [4.69, 9.17) is 0 Å². The van der Waals surface area contributed by atoms with Crippen LogP contribution in [-0.2, 0) is 7.05 Å². The highest BCUT2D eigenvalue weighted by Gasteiger charge is 2.05. The number of nitrogens with one attached hydrogen (secondary N) is 1. The van der Waals surface area contributed by atoms with Gasteiger partial charge in [0.1, 0.15) is 0 Å². The van der Waals surface area contributed by atoms with Crippen LogP contribution < -0.4 is 5.32 Å². The van der Waals surface area contributed by atoms with Crippen LogP contribution in [0.2, 0.25) is 0 Å². The van der Waals surface area contributed by atoms with Gasteiger partial charge in [-0.05, 0) is 6.07 Å². The fourth-order valence-corrected chi connectivity index (χ4v) is 1.06. The molecule has 0 fully saturated rings. The summed E-state index contributed by atoms with van der Waals surface area (Å²) in [6, 6.07) is 1.77. The number of aryl methyl sites for hydroxylation is 1. The lowest BCUT2D eigenvalue weighted by Gasteiger charge is -2.00. The second-order valence-electron chi connectivity index (χ2n) is 2.77. The average Bonchev–Trinajstić information content (AvgIpc) is 2.47. The third-order valence-corrected chi connectivity index (χ3v) is 1.82. The van der Waals surface area contributed by atoms with E-state index in [0.717, 1.165) is 4.48 Å². The third-order valence-electron chi connectivity index (χ3n) is 1.53. The van der Waals surface area contributed by atoms with Gasteiger partial charge in [-0.2, -0.15) is 0 Å².